The van der Waals surface area contributed by atoms with Crippen LogP contribution in [0.25, 0.3) is 16.7 Å². The Morgan fingerprint density at radius 1 is 1.19 bits per heavy atom. The Morgan fingerprint density at radius 3 is 2.72 bits per heavy atom. The molecular formula is C27H23F2N7. The van der Waals surface area contributed by atoms with E-state index in [0.717, 1.165) is 24.2 Å². The van der Waals surface area contributed by atoms with Crippen LogP contribution in [0, 0.1) is 28.4 Å². The van der Waals surface area contributed by atoms with E-state index in [1.807, 2.05) is 12.1 Å². The summed E-state index contributed by atoms with van der Waals surface area (Å²) < 4.78 is 27.6. The van der Waals surface area contributed by atoms with E-state index < -0.39 is 11.6 Å². The Bertz CT molecular complexity index is 1560. The molecule has 36 heavy (non-hydrogen) atoms. The molecule has 6 rings (SSSR count). The minimum Gasteiger partial charge on any atom is -0.355 e. The number of fused-ring (bicyclic) bond motifs is 2. The van der Waals surface area contributed by atoms with Crippen molar-refractivity contribution in [1.29, 1.82) is 5.26 Å². The van der Waals surface area contributed by atoms with E-state index >= 15 is 0 Å². The van der Waals surface area contributed by atoms with Crippen LogP contribution in [0.15, 0.2) is 49.2 Å². The zero-order chi connectivity index (χ0) is 25.0. The van der Waals surface area contributed by atoms with Gasteiger partial charge in [0.2, 0.25) is 0 Å². The molecule has 3 heterocycles. The molecule has 3 N–H and O–H groups in total. The molecule has 4 aromatic rings. The number of benzene rings is 2. The van der Waals surface area contributed by atoms with Gasteiger partial charge in [-0.15, -0.1) is 0 Å². The highest BCUT2D eigenvalue weighted by molar-refractivity contribution is 5.91. The average molecular weight is 484 g/mol. The van der Waals surface area contributed by atoms with Gasteiger partial charge in [-0.3, -0.25) is 5.10 Å². The maximum Gasteiger partial charge on any atom is 0.177 e. The fourth-order valence-corrected chi connectivity index (χ4v) is 5.66. The Kier molecular flexibility index (Phi) is 5.09. The monoisotopic (exact) mass is 483 g/mol. The number of anilines is 1. The van der Waals surface area contributed by atoms with Gasteiger partial charge in [-0.05, 0) is 54.0 Å². The quantitative estimate of drug-likeness (QED) is 0.447. The molecule has 0 unspecified atom stereocenters. The van der Waals surface area contributed by atoms with E-state index in [1.165, 1.54) is 12.1 Å². The Morgan fingerprint density at radius 2 is 1.94 bits per heavy atom. The third-order valence-corrected chi connectivity index (χ3v) is 7.72. The first-order chi connectivity index (χ1) is 17.4. The number of hydrogen-bond donors (Lipinski definition) is 2. The van der Waals surface area contributed by atoms with Crippen molar-refractivity contribution in [2.45, 2.75) is 25.3 Å². The highest BCUT2D eigenvalue weighted by Gasteiger charge is 2.46. The molecule has 1 aliphatic carbocycles. The number of hydrogen-bond acceptors (Lipinski definition) is 6. The lowest BCUT2D eigenvalue weighted by Gasteiger charge is -2.42. The normalized spacial score (nSPS) is 18.4. The van der Waals surface area contributed by atoms with Crippen molar-refractivity contribution in [3.05, 3.63) is 88.8 Å². The van der Waals surface area contributed by atoms with Gasteiger partial charge >= 0.3 is 0 Å². The van der Waals surface area contributed by atoms with Crippen LogP contribution >= 0.6 is 0 Å². The summed E-state index contributed by atoms with van der Waals surface area (Å²) in [5.74, 6) is -0.950. The lowest BCUT2D eigenvalue weighted by Crippen LogP contribution is -2.44. The van der Waals surface area contributed by atoms with Gasteiger partial charge in [-0.2, -0.15) is 10.4 Å². The molecule has 0 bridgehead atoms. The number of aromatic nitrogens is 4. The maximum absolute atomic E-state index is 13.8. The SMILES string of the molecule is C=C(c1ccccc1C#N)c1n[nH]c2nc(N3CCC4(CC3)Cc3cc(F)c(F)cc3[C@H]4N)cnc12. The number of nitrogens with two attached hydrogens (primary N) is 1. The first kappa shape index (κ1) is 22.3. The summed E-state index contributed by atoms with van der Waals surface area (Å²) in [6, 6.07) is 11.6. The van der Waals surface area contributed by atoms with Crippen molar-refractivity contribution in [2.75, 3.05) is 18.0 Å². The molecular weight excluding hydrogens is 460 g/mol. The predicted octanol–water partition coefficient (Wildman–Crippen LogP) is 4.41. The Labute approximate surface area is 206 Å². The van der Waals surface area contributed by atoms with Crippen molar-refractivity contribution >= 4 is 22.6 Å². The van der Waals surface area contributed by atoms with E-state index in [9.17, 15) is 14.0 Å². The van der Waals surface area contributed by atoms with Gasteiger partial charge in [-0.25, -0.2) is 18.7 Å². The molecule has 1 spiro atoms. The summed E-state index contributed by atoms with van der Waals surface area (Å²) in [7, 11) is 0. The topological polar surface area (TPSA) is 108 Å². The Balaban J connectivity index is 1.22. The number of nitriles is 1. The molecule has 1 atom stereocenters. The molecule has 2 aromatic heterocycles. The largest absolute Gasteiger partial charge is 0.355 e. The van der Waals surface area contributed by atoms with Gasteiger partial charge in [0.05, 0.1) is 17.8 Å². The van der Waals surface area contributed by atoms with Crippen LogP contribution in [0.1, 0.15) is 46.8 Å². The predicted molar refractivity (Wildman–Crippen MR) is 132 cm³/mol. The third-order valence-electron chi connectivity index (χ3n) is 7.72. The number of rotatable bonds is 3. The molecule has 9 heteroatoms. The fraction of sp³-hybridized carbons (Fsp3) is 0.259. The van der Waals surface area contributed by atoms with E-state index in [4.69, 9.17) is 10.7 Å². The number of nitrogens with one attached hydrogen (secondary N) is 1. The summed E-state index contributed by atoms with van der Waals surface area (Å²) >= 11 is 0. The number of H-pyrrole nitrogens is 1. The number of aromatic amines is 1. The molecule has 1 saturated heterocycles. The summed E-state index contributed by atoms with van der Waals surface area (Å²) in [4.78, 5) is 11.5. The van der Waals surface area contributed by atoms with Crippen molar-refractivity contribution in [1.82, 2.24) is 20.2 Å². The molecule has 180 valence electrons. The van der Waals surface area contributed by atoms with Crippen LogP contribution in [0.3, 0.4) is 0 Å². The van der Waals surface area contributed by atoms with Gasteiger partial charge in [-0.1, -0.05) is 24.8 Å². The summed E-state index contributed by atoms with van der Waals surface area (Å²) in [6.45, 7) is 5.55. The highest BCUT2D eigenvalue weighted by atomic mass is 19.2. The highest BCUT2D eigenvalue weighted by Crippen LogP contribution is 2.51. The van der Waals surface area contributed by atoms with E-state index in [2.05, 4.69) is 32.7 Å². The molecule has 0 saturated carbocycles. The lowest BCUT2D eigenvalue weighted by atomic mass is 9.73. The molecule has 1 fully saturated rings. The number of piperidine rings is 1. The second-order valence-corrected chi connectivity index (χ2v) is 9.60. The standard InChI is InChI=1S/C27H23F2N7/c1-15(18-5-3-2-4-16(18)13-30)23-24-26(35-34-23)33-22(14-32-24)36-8-6-27(7-9-36)12-17-10-20(28)21(29)11-19(17)25(27)31/h2-5,10-11,14,25H,1,6-9,12,31H2,(H,33,34,35)/t25-/m1/s1. The van der Waals surface area contributed by atoms with Crippen molar-refractivity contribution in [2.24, 2.45) is 11.1 Å². The molecule has 0 radical (unpaired) electrons. The van der Waals surface area contributed by atoms with Crippen LogP contribution in [-0.2, 0) is 6.42 Å². The van der Waals surface area contributed by atoms with Crippen molar-refractivity contribution in [3.63, 3.8) is 0 Å². The first-order valence-corrected chi connectivity index (χ1v) is 11.8. The average Bonchev–Trinajstić information content (AvgIpc) is 3.43. The summed E-state index contributed by atoms with van der Waals surface area (Å²) in [6.07, 6.45) is 3.93. The smallest absolute Gasteiger partial charge is 0.177 e. The first-order valence-electron chi connectivity index (χ1n) is 11.8. The zero-order valence-electron chi connectivity index (χ0n) is 19.4. The summed E-state index contributed by atoms with van der Waals surface area (Å²) in [5.41, 5.74) is 11.4. The van der Waals surface area contributed by atoms with E-state index in [-0.39, 0.29) is 11.5 Å². The minimum atomic E-state index is -0.847. The second-order valence-electron chi connectivity index (χ2n) is 9.60. The van der Waals surface area contributed by atoms with Gasteiger partial charge in [0, 0.05) is 30.3 Å². The van der Waals surface area contributed by atoms with Crippen LogP contribution in [-0.4, -0.2) is 33.3 Å². The fourth-order valence-electron chi connectivity index (χ4n) is 5.66. The number of nitrogens with zero attached hydrogens (tertiary/aromatic N) is 5. The molecule has 7 nitrogen and oxygen atoms in total. The second kappa shape index (κ2) is 8.21. The molecule has 2 aliphatic rings. The molecule has 0 amide bonds. The van der Waals surface area contributed by atoms with Gasteiger partial charge < -0.3 is 10.6 Å². The van der Waals surface area contributed by atoms with Gasteiger partial charge in [0.25, 0.3) is 0 Å². The van der Waals surface area contributed by atoms with Gasteiger partial charge in [0.15, 0.2) is 17.3 Å². The lowest BCUT2D eigenvalue weighted by molar-refractivity contribution is 0.187. The molecule has 1 aliphatic heterocycles. The van der Waals surface area contributed by atoms with Crippen LogP contribution in [0.4, 0.5) is 14.6 Å². The maximum atomic E-state index is 13.8. The van der Waals surface area contributed by atoms with Gasteiger partial charge in [0.1, 0.15) is 17.0 Å². The zero-order valence-corrected chi connectivity index (χ0v) is 19.4. The van der Waals surface area contributed by atoms with Crippen LogP contribution in [0.2, 0.25) is 0 Å². The Hall–Kier alpha value is -4.16. The van der Waals surface area contributed by atoms with Crippen LogP contribution in [0.5, 0.6) is 0 Å². The van der Waals surface area contributed by atoms with E-state index in [0.29, 0.717) is 58.6 Å². The van der Waals surface area contributed by atoms with Crippen LogP contribution < -0.4 is 10.6 Å². The third kappa shape index (κ3) is 3.37. The van der Waals surface area contributed by atoms with Crippen molar-refractivity contribution < 1.29 is 8.78 Å². The van der Waals surface area contributed by atoms with Crippen molar-refractivity contribution in [3.8, 4) is 6.07 Å². The molecule has 2 aromatic carbocycles. The van der Waals surface area contributed by atoms with E-state index in [1.54, 1.807) is 18.3 Å². The minimum absolute atomic E-state index is 0.219. The summed E-state index contributed by atoms with van der Waals surface area (Å²) in [5, 5.41) is 16.8. The number of halogens is 2.